The van der Waals surface area contributed by atoms with E-state index in [1.54, 1.807) is 129 Å². The first-order valence-electron chi connectivity index (χ1n) is 27.0. The van der Waals surface area contributed by atoms with Gasteiger partial charge in [0, 0.05) is 49.1 Å². The van der Waals surface area contributed by atoms with E-state index >= 15 is 9.59 Å². The van der Waals surface area contributed by atoms with Crippen LogP contribution in [0.15, 0.2) is 86.0 Å². The molecule has 82 heavy (non-hydrogen) atoms. The maximum atomic E-state index is 15.4. The van der Waals surface area contributed by atoms with Gasteiger partial charge in [0.25, 0.3) is 11.8 Å². The molecule has 0 bridgehead atoms. The molecule has 24 heteroatoms. The Kier molecular flexibility index (Phi) is 22.4. The highest BCUT2D eigenvalue weighted by Gasteiger charge is 2.43. The molecule has 9 amide bonds. The second-order valence-corrected chi connectivity index (χ2v) is 22.7. The van der Waals surface area contributed by atoms with Gasteiger partial charge in [-0.25, -0.2) is 38.6 Å². The van der Waals surface area contributed by atoms with E-state index in [2.05, 4.69) is 55.1 Å². The van der Waals surface area contributed by atoms with E-state index < -0.39 is 114 Å². The number of nitrogens with zero attached hydrogens (tertiary/aromatic N) is 5. The molecule has 5 atom stereocenters. The molecule has 3 heterocycles. The topological polar surface area (TPSA) is 311 Å². The van der Waals surface area contributed by atoms with Crippen molar-refractivity contribution in [1.82, 2.24) is 56.0 Å². The number of H-pyrrole nitrogens is 1. The van der Waals surface area contributed by atoms with Crippen LogP contribution < -0.4 is 32.4 Å². The summed E-state index contributed by atoms with van der Waals surface area (Å²) in [6.07, 6.45) is 3.09. The molecule has 442 valence electrons. The van der Waals surface area contributed by atoms with Gasteiger partial charge in [-0.3, -0.25) is 34.3 Å². The summed E-state index contributed by atoms with van der Waals surface area (Å²) in [4.78, 5) is 137. The summed E-state index contributed by atoms with van der Waals surface area (Å²) in [7, 11) is 0. The molecule has 5 rings (SSSR count). The molecule has 2 unspecified atom stereocenters. The number of carbonyl (C=O) groups excluding carboxylic acids is 9. The van der Waals surface area contributed by atoms with Gasteiger partial charge < -0.3 is 46.2 Å². The van der Waals surface area contributed by atoms with E-state index in [0.717, 1.165) is 15.9 Å². The van der Waals surface area contributed by atoms with Crippen LogP contribution in [0, 0.1) is 11.8 Å². The van der Waals surface area contributed by atoms with Crippen molar-refractivity contribution in [2.45, 2.75) is 155 Å². The zero-order chi connectivity index (χ0) is 60.5. The lowest BCUT2D eigenvalue weighted by Gasteiger charge is -2.34. The van der Waals surface area contributed by atoms with E-state index in [1.165, 1.54) is 13.1 Å². The van der Waals surface area contributed by atoms with Crippen LogP contribution in [-0.4, -0.2) is 156 Å². The van der Waals surface area contributed by atoms with E-state index in [4.69, 9.17) is 19.9 Å². The lowest BCUT2D eigenvalue weighted by Crippen LogP contribution is -2.62. The molecule has 0 radical (unpaired) electrons. The average Bonchev–Trinajstić information content (AvgIpc) is 4.05. The Morgan fingerprint density at radius 3 is 2.16 bits per heavy atom. The van der Waals surface area contributed by atoms with E-state index in [0.29, 0.717) is 52.9 Å². The summed E-state index contributed by atoms with van der Waals surface area (Å²) in [5.41, 5.74) is 6.90. The number of hydrogen-bond acceptors (Lipinski definition) is 14. The molecule has 0 spiro atoms. The van der Waals surface area contributed by atoms with E-state index in [-0.39, 0.29) is 31.5 Å². The number of benzene rings is 2. The number of amides is 9. The van der Waals surface area contributed by atoms with Crippen LogP contribution in [0.4, 0.5) is 19.2 Å². The number of fused-ring (bicyclic) bond motifs is 1. The Hall–Kier alpha value is -8.72. The Morgan fingerprint density at radius 1 is 0.841 bits per heavy atom. The van der Waals surface area contributed by atoms with Gasteiger partial charge in [0.05, 0.1) is 12.2 Å². The number of nitrogens with two attached hydrogens (primary N) is 1. The minimum Gasteiger partial charge on any atom is -0.444 e. The Balaban J connectivity index is 1.55. The number of imidazole rings is 1. The number of alkyl carbamates (subject to hydrolysis) is 1. The number of nitrogens with one attached hydrogen (secondary N) is 6. The third kappa shape index (κ3) is 20.1. The van der Waals surface area contributed by atoms with Crippen molar-refractivity contribution in [2.24, 2.45) is 5.73 Å². The van der Waals surface area contributed by atoms with Crippen molar-refractivity contribution in [1.29, 1.82) is 0 Å². The molecular formula is C58H78N12O12. The molecule has 0 fully saturated rings. The SMILES string of the molecule is C=CCN1CC#CCN(NC(=O)[C@H](C)NC(=O)[C@@H](Cc2c[nH]c3ccccc23)N(C(=O)OC(C)(C)C)C(=O)[C@H](Cc2cn(C(=O)OC(C)(C)C)cn2)NC(=O)OC(C)(C)C)C(=O)NC(Cc2ccccc2)C(=O)NC(C(N)=O)CCCC1. The smallest absolute Gasteiger partial charge is 0.419 e. The number of aromatic amines is 1. The van der Waals surface area contributed by atoms with Crippen molar-refractivity contribution in [2.75, 3.05) is 26.2 Å². The van der Waals surface area contributed by atoms with Gasteiger partial charge in [0.15, 0.2) is 0 Å². The molecular weight excluding hydrogens is 1060 g/mol. The fourth-order valence-corrected chi connectivity index (χ4v) is 8.42. The standard InChI is InChI=1S/C58H78N12O12/c1-12-27-67-28-19-18-26-43(47(59)71)63-49(73)44(31-38-22-14-13-15-23-38)64-52(76)69(30-21-20-29-67)66-48(72)37(2)62-50(74)46(32-39-34-60-42-25-17-16-24-41(39)42)70(55(79)82-58(9,10)11)51(75)45(65-53(77)80-56(3,4)5)33-40-35-68(36-61-40)54(78)81-57(6,7)8/h12-17,22-25,34-37,43-46,60H,1,18-19,26-33H2,2-11H3,(H2,59,71)(H,62,74)(H,63,73)(H,64,76)(H,65,77)(H,66,72)/t37-,43?,44?,45-,46+/m0/s1. The molecule has 4 aromatic rings. The molecule has 0 saturated carbocycles. The summed E-state index contributed by atoms with van der Waals surface area (Å²) in [5.74, 6) is 1.26. The molecule has 2 aromatic heterocycles. The fraction of sp³-hybridized carbons (Fsp3) is 0.483. The highest BCUT2D eigenvalue weighted by molar-refractivity contribution is 6.02. The predicted octanol–water partition coefficient (Wildman–Crippen LogP) is 4.76. The minimum atomic E-state index is -1.84. The number of ether oxygens (including phenoxy) is 3. The minimum absolute atomic E-state index is 0.0332. The average molecular weight is 1140 g/mol. The predicted molar refractivity (Wildman–Crippen MR) is 304 cm³/mol. The first-order chi connectivity index (χ1) is 38.5. The van der Waals surface area contributed by atoms with Crippen LogP contribution in [0.2, 0.25) is 0 Å². The summed E-state index contributed by atoms with van der Waals surface area (Å²) < 4.78 is 17.9. The first-order valence-corrected chi connectivity index (χ1v) is 27.0. The highest BCUT2D eigenvalue weighted by Crippen LogP contribution is 2.24. The number of primary amides is 1. The van der Waals surface area contributed by atoms with Crippen molar-refractivity contribution < 1.29 is 57.4 Å². The van der Waals surface area contributed by atoms with Gasteiger partial charge in [-0.1, -0.05) is 66.4 Å². The number of para-hydroxylation sites is 1. The van der Waals surface area contributed by atoms with Crippen molar-refractivity contribution >= 4 is 64.7 Å². The van der Waals surface area contributed by atoms with Crippen LogP contribution in [0.5, 0.6) is 0 Å². The molecule has 24 nitrogen and oxygen atoms in total. The molecule has 1 aliphatic rings. The third-order valence-electron chi connectivity index (χ3n) is 12.2. The fourth-order valence-electron chi connectivity index (χ4n) is 8.42. The van der Waals surface area contributed by atoms with Crippen LogP contribution in [0.25, 0.3) is 10.9 Å². The van der Waals surface area contributed by atoms with Crippen LogP contribution in [0.1, 0.15) is 105 Å². The maximum Gasteiger partial charge on any atom is 0.419 e. The highest BCUT2D eigenvalue weighted by atomic mass is 16.6. The number of carbonyl (C=O) groups is 9. The summed E-state index contributed by atoms with van der Waals surface area (Å²) in [6.45, 7) is 20.4. The van der Waals surface area contributed by atoms with Gasteiger partial charge in [-0.05, 0) is 112 Å². The number of aromatic nitrogens is 3. The Morgan fingerprint density at radius 2 is 1.50 bits per heavy atom. The maximum absolute atomic E-state index is 15.4. The van der Waals surface area contributed by atoms with Gasteiger partial charge in [0.1, 0.15) is 59.9 Å². The second-order valence-electron chi connectivity index (χ2n) is 22.7. The van der Waals surface area contributed by atoms with Crippen LogP contribution >= 0.6 is 0 Å². The quantitative estimate of drug-likeness (QED) is 0.0452. The third-order valence-corrected chi connectivity index (χ3v) is 12.2. The first kappa shape index (κ1) is 64.1. The van der Waals surface area contributed by atoms with Crippen LogP contribution in [-0.2, 0) is 57.4 Å². The van der Waals surface area contributed by atoms with E-state index in [1.807, 2.05) is 4.90 Å². The van der Waals surface area contributed by atoms with Crippen molar-refractivity contribution in [3.8, 4) is 11.8 Å². The zero-order valence-electron chi connectivity index (χ0n) is 48.4. The second kappa shape index (κ2) is 28.6. The monoisotopic (exact) mass is 1130 g/mol. The van der Waals surface area contributed by atoms with E-state index in [9.17, 15) is 33.6 Å². The van der Waals surface area contributed by atoms with Gasteiger partial charge in [-0.15, -0.1) is 6.58 Å². The van der Waals surface area contributed by atoms with Crippen LogP contribution in [0.3, 0.4) is 0 Å². The summed E-state index contributed by atoms with van der Waals surface area (Å²) in [6, 6.07) is 7.42. The number of imide groups is 1. The molecule has 0 saturated heterocycles. The Bertz CT molecular complexity index is 3000. The number of urea groups is 1. The van der Waals surface area contributed by atoms with Gasteiger partial charge in [0.2, 0.25) is 17.7 Å². The number of hydrazine groups is 1. The number of rotatable bonds is 16. The van der Waals surface area contributed by atoms with Crippen molar-refractivity contribution in [3.63, 3.8) is 0 Å². The van der Waals surface area contributed by atoms with Gasteiger partial charge >= 0.3 is 24.3 Å². The van der Waals surface area contributed by atoms with Gasteiger partial charge in [-0.2, -0.15) is 0 Å². The normalized spacial score (nSPS) is 17.0. The van der Waals surface area contributed by atoms with Crippen molar-refractivity contribution in [3.05, 3.63) is 103 Å². The molecule has 8 N–H and O–H groups in total. The summed E-state index contributed by atoms with van der Waals surface area (Å²) >= 11 is 0. The lowest BCUT2D eigenvalue weighted by atomic mass is 10.0. The summed E-state index contributed by atoms with van der Waals surface area (Å²) in [5, 5.41) is 12.0. The molecule has 0 aliphatic carbocycles. The Labute approximate surface area is 477 Å². The lowest BCUT2D eigenvalue weighted by molar-refractivity contribution is -0.142. The molecule has 1 aliphatic heterocycles. The largest absolute Gasteiger partial charge is 0.444 e. The zero-order valence-corrected chi connectivity index (χ0v) is 48.4. The molecule has 2 aromatic carbocycles. The number of hydrogen-bond donors (Lipinski definition) is 7.